The van der Waals surface area contributed by atoms with Crippen molar-refractivity contribution in [3.8, 4) is 6.07 Å². The second-order valence-corrected chi connectivity index (χ2v) is 7.92. The highest BCUT2D eigenvalue weighted by Gasteiger charge is 2.47. The Bertz CT molecular complexity index is 178. The van der Waals surface area contributed by atoms with Crippen LogP contribution in [0.1, 0.15) is 20.8 Å². The topological polar surface area (TPSA) is 23.8 Å². The van der Waals surface area contributed by atoms with Crippen molar-refractivity contribution in [2.45, 2.75) is 38.9 Å². The summed E-state index contributed by atoms with van der Waals surface area (Å²) in [5, 5.41) is 8.09. The van der Waals surface area contributed by atoms with Crippen LogP contribution in [0.5, 0.6) is 0 Å². The van der Waals surface area contributed by atoms with E-state index < -0.39 is 13.4 Å². The predicted molar refractivity (Wildman–Crippen MR) is 47.4 cm³/mol. The van der Waals surface area contributed by atoms with Gasteiger partial charge in [-0.1, -0.05) is 13.8 Å². The molecule has 0 radical (unpaired) electrons. The van der Waals surface area contributed by atoms with Crippen molar-refractivity contribution >= 4 is 8.41 Å². The van der Waals surface area contributed by atoms with E-state index in [4.69, 9.17) is 5.26 Å². The van der Waals surface area contributed by atoms with Crippen LogP contribution in [0.3, 0.4) is 0 Å². The Hall–Kier alpha value is -0.363. The monoisotopic (exact) mass is 173 g/mol. The number of hydrogen-bond acceptors (Lipinski definition) is 1. The fraction of sp³-hybridized carbons (Fsp3) is 0.875. The van der Waals surface area contributed by atoms with Gasteiger partial charge >= 0.3 is 0 Å². The number of halogens is 1. The fourth-order valence-corrected chi connectivity index (χ4v) is 2.59. The van der Waals surface area contributed by atoms with Gasteiger partial charge < -0.3 is 4.11 Å². The molecule has 0 aromatic heterocycles. The summed E-state index contributed by atoms with van der Waals surface area (Å²) >= 11 is 0. The molecule has 0 aliphatic heterocycles. The highest BCUT2D eigenvalue weighted by Crippen LogP contribution is 2.44. The summed E-state index contributed by atoms with van der Waals surface area (Å²) in [5.74, 6) is 0.0965. The first kappa shape index (κ1) is 10.6. The Balaban J connectivity index is 4.80. The summed E-state index contributed by atoms with van der Waals surface area (Å²) in [6, 6.07) is 2.10. The summed E-state index contributed by atoms with van der Waals surface area (Å²) in [7, 11) is -2.84. The van der Waals surface area contributed by atoms with Crippen molar-refractivity contribution in [2.24, 2.45) is 5.92 Å². The summed E-state index contributed by atoms with van der Waals surface area (Å²) in [5.41, 5.74) is 0. The maximum atomic E-state index is 13.6. The van der Waals surface area contributed by atoms with E-state index in [1.165, 1.54) is 0 Å². The smallest absolute Gasteiger partial charge is 0.260 e. The molecule has 0 N–H and O–H groups in total. The molecule has 0 fully saturated rings. The maximum Gasteiger partial charge on any atom is 0.260 e. The molecule has 1 nitrogen and oxygen atoms in total. The molecule has 0 aliphatic rings. The normalized spacial score (nSPS) is 17.6. The molecule has 0 heterocycles. The van der Waals surface area contributed by atoms with Crippen LogP contribution in [-0.2, 0) is 0 Å². The van der Waals surface area contributed by atoms with E-state index >= 15 is 0 Å². The van der Waals surface area contributed by atoms with Gasteiger partial charge in [-0.2, -0.15) is 5.26 Å². The molecule has 0 aliphatic carbocycles. The Morgan fingerprint density at radius 3 is 1.82 bits per heavy atom. The SMILES string of the molecule is CC(C)C(C)(C#N)[Si](C)(C)F. The van der Waals surface area contributed by atoms with Crippen molar-refractivity contribution in [2.75, 3.05) is 0 Å². The third-order valence-corrected chi connectivity index (χ3v) is 5.78. The third kappa shape index (κ3) is 1.81. The Labute approximate surface area is 69.4 Å². The van der Waals surface area contributed by atoms with Gasteiger partial charge in [-0.15, -0.1) is 0 Å². The second kappa shape index (κ2) is 2.94. The molecule has 64 valence electrons. The Kier molecular flexibility index (Phi) is 2.84. The Morgan fingerprint density at radius 1 is 1.45 bits per heavy atom. The van der Waals surface area contributed by atoms with Crippen LogP contribution in [0.2, 0.25) is 18.1 Å². The zero-order chi connectivity index (χ0) is 9.28. The second-order valence-electron chi connectivity index (χ2n) is 3.94. The molecule has 0 spiro atoms. The van der Waals surface area contributed by atoms with Crippen LogP contribution < -0.4 is 0 Å². The van der Waals surface area contributed by atoms with Gasteiger partial charge in [-0.3, -0.25) is 0 Å². The van der Waals surface area contributed by atoms with Crippen molar-refractivity contribution in [3.63, 3.8) is 0 Å². The highest BCUT2D eigenvalue weighted by molar-refractivity contribution is 6.74. The predicted octanol–water partition coefficient (Wildman–Crippen LogP) is 3.10. The number of nitriles is 1. The lowest BCUT2D eigenvalue weighted by atomic mass is 9.98. The largest absolute Gasteiger partial charge is 0.313 e. The van der Waals surface area contributed by atoms with E-state index in [9.17, 15) is 4.11 Å². The first-order valence-electron chi connectivity index (χ1n) is 3.86. The summed E-state index contributed by atoms with van der Waals surface area (Å²) in [6.45, 7) is 8.71. The lowest BCUT2D eigenvalue weighted by Gasteiger charge is -2.33. The molecule has 0 amide bonds. The van der Waals surface area contributed by atoms with Crippen molar-refractivity contribution < 1.29 is 4.11 Å². The van der Waals surface area contributed by atoms with Crippen LogP contribution in [0.25, 0.3) is 0 Å². The first-order chi connectivity index (χ1) is 4.75. The van der Waals surface area contributed by atoms with Gasteiger partial charge in [0.2, 0.25) is 0 Å². The molecular weight excluding hydrogens is 157 g/mol. The molecular formula is C8H16FNSi. The summed E-state index contributed by atoms with van der Waals surface area (Å²) < 4.78 is 13.6. The molecule has 11 heavy (non-hydrogen) atoms. The van der Waals surface area contributed by atoms with Gasteiger partial charge in [-0.25, -0.2) is 0 Å². The van der Waals surface area contributed by atoms with Crippen molar-refractivity contribution in [3.05, 3.63) is 0 Å². The molecule has 0 saturated heterocycles. The molecule has 0 aromatic rings. The van der Waals surface area contributed by atoms with Crippen molar-refractivity contribution in [1.29, 1.82) is 5.26 Å². The van der Waals surface area contributed by atoms with Crippen LogP contribution in [-0.4, -0.2) is 8.41 Å². The lowest BCUT2D eigenvalue weighted by Crippen LogP contribution is -2.39. The van der Waals surface area contributed by atoms with E-state index in [1.54, 1.807) is 20.0 Å². The minimum atomic E-state index is -2.84. The van der Waals surface area contributed by atoms with E-state index in [0.717, 1.165) is 0 Å². The van der Waals surface area contributed by atoms with Gasteiger partial charge in [0.1, 0.15) is 0 Å². The van der Waals surface area contributed by atoms with E-state index in [-0.39, 0.29) is 5.92 Å². The van der Waals surface area contributed by atoms with Gasteiger partial charge in [-0.05, 0) is 25.9 Å². The van der Waals surface area contributed by atoms with E-state index in [0.29, 0.717) is 0 Å². The average molecular weight is 173 g/mol. The first-order valence-corrected chi connectivity index (χ1v) is 6.73. The quantitative estimate of drug-likeness (QED) is 0.465. The Morgan fingerprint density at radius 2 is 1.82 bits per heavy atom. The van der Waals surface area contributed by atoms with Gasteiger partial charge in [0.05, 0.1) is 11.1 Å². The van der Waals surface area contributed by atoms with Gasteiger partial charge in [0, 0.05) is 0 Å². The summed E-state index contributed by atoms with van der Waals surface area (Å²) in [4.78, 5) is 0. The zero-order valence-corrected chi connectivity index (χ0v) is 8.90. The average Bonchev–Trinajstić information content (AvgIpc) is 1.83. The molecule has 0 saturated carbocycles. The van der Waals surface area contributed by atoms with Gasteiger partial charge in [0.25, 0.3) is 8.41 Å². The fourth-order valence-electron chi connectivity index (χ4n) is 0.948. The van der Waals surface area contributed by atoms with Crippen LogP contribution in [0, 0.1) is 17.2 Å². The number of nitrogens with zero attached hydrogens (tertiary/aromatic N) is 1. The maximum absolute atomic E-state index is 13.6. The number of hydrogen-bond donors (Lipinski definition) is 0. The standard InChI is InChI=1S/C8H16FNSi/c1-7(2)8(3,6-10)11(4,5)9/h7H,1-5H3. The van der Waals surface area contributed by atoms with Crippen LogP contribution >= 0.6 is 0 Å². The molecule has 0 bridgehead atoms. The lowest BCUT2D eigenvalue weighted by molar-refractivity contribution is 0.482. The van der Waals surface area contributed by atoms with E-state index in [1.807, 2.05) is 13.8 Å². The minimum absolute atomic E-state index is 0.0965. The number of rotatable bonds is 2. The molecule has 3 heteroatoms. The molecule has 0 aromatic carbocycles. The molecule has 1 atom stereocenters. The van der Waals surface area contributed by atoms with Crippen LogP contribution in [0.15, 0.2) is 0 Å². The molecule has 1 unspecified atom stereocenters. The van der Waals surface area contributed by atoms with Crippen molar-refractivity contribution in [1.82, 2.24) is 0 Å². The third-order valence-electron chi connectivity index (χ3n) is 2.62. The summed E-state index contributed by atoms with van der Waals surface area (Å²) in [6.07, 6.45) is 0. The van der Waals surface area contributed by atoms with E-state index in [2.05, 4.69) is 6.07 Å². The molecule has 0 rings (SSSR count). The van der Waals surface area contributed by atoms with Crippen LogP contribution in [0.4, 0.5) is 4.11 Å². The van der Waals surface area contributed by atoms with Gasteiger partial charge in [0.15, 0.2) is 0 Å². The highest BCUT2D eigenvalue weighted by atomic mass is 28.4. The zero-order valence-electron chi connectivity index (χ0n) is 7.90. The minimum Gasteiger partial charge on any atom is -0.313 e.